The van der Waals surface area contributed by atoms with E-state index in [1.807, 2.05) is 36.5 Å². The number of H-pyrrole nitrogens is 1. The summed E-state index contributed by atoms with van der Waals surface area (Å²) in [5.74, 6) is 1.75. The van der Waals surface area contributed by atoms with Crippen molar-refractivity contribution in [3.63, 3.8) is 0 Å². The van der Waals surface area contributed by atoms with E-state index in [9.17, 15) is 5.26 Å². The van der Waals surface area contributed by atoms with Gasteiger partial charge in [-0.2, -0.15) is 5.26 Å². The molecule has 1 saturated heterocycles. The zero-order valence-electron chi connectivity index (χ0n) is 14.4. The van der Waals surface area contributed by atoms with Gasteiger partial charge in [-0.25, -0.2) is 4.98 Å². The van der Waals surface area contributed by atoms with Gasteiger partial charge in [0, 0.05) is 42.7 Å². The molecule has 0 aliphatic carbocycles. The third kappa shape index (κ3) is 3.79. The molecule has 6 heteroatoms. The predicted octanol–water partition coefficient (Wildman–Crippen LogP) is 3.98. The van der Waals surface area contributed by atoms with Crippen LogP contribution in [0, 0.1) is 17.2 Å². The molecule has 26 heavy (non-hydrogen) atoms. The van der Waals surface area contributed by atoms with Crippen LogP contribution in [0.15, 0.2) is 42.6 Å². The summed E-state index contributed by atoms with van der Waals surface area (Å²) in [6, 6.07) is 13.7. The summed E-state index contributed by atoms with van der Waals surface area (Å²) in [6.07, 6.45) is 3.93. The number of aromatic amines is 1. The highest BCUT2D eigenvalue weighted by molar-refractivity contribution is 5.83. The van der Waals surface area contributed by atoms with Crippen LogP contribution in [0.3, 0.4) is 0 Å². The van der Waals surface area contributed by atoms with Gasteiger partial charge in [0.05, 0.1) is 6.61 Å². The van der Waals surface area contributed by atoms with Crippen LogP contribution in [0.25, 0.3) is 10.9 Å². The fourth-order valence-electron chi connectivity index (χ4n) is 3.11. The summed E-state index contributed by atoms with van der Waals surface area (Å²) in [4.78, 5) is 7.52. The SMILES string of the molecule is N#Cc1cc(OCC2CCOCC2)cc(Nc2ccc3cc[nH]c3c2)n1. The van der Waals surface area contributed by atoms with Crippen LogP contribution in [0.1, 0.15) is 18.5 Å². The van der Waals surface area contributed by atoms with Gasteiger partial charge in [-0.1, -0.05) is 6.07 Å². The second-order valence-electron chi connectivity index (χ2n) is 6.46. The van der Waals surface area contributed by atoms with E-state index < -0.39 is 0 Å². The number of benzene rings is 1. The molecular formula is C20H20N4O2. The molecule has 0 spiro atoms. The van der Waals surface area contributed by atoms with E-state index in [2.05, 4.69) is 21.4 Å². The molecule has 132 valence electrons. The van der Waals surface area contributed by atoms with Crippen LogP contribution in [0.2, 0.25) is 0 Å². The molecule has 1 aliphatic rings. The smallest absolute Gasteiger partial charge is 0.146 e. The molecule has 0 radical (unpaired) electrons. The maximum atomic E-state index is 9.27. The van der Waals surface area contributed by atoms with E-state index in [0.29, 0.717) is 29.8 Å². The quantitative estimate of drug-likeness (QED) is 0.728. The molecule has 3 aromatic rings. The molecule has 0 unspecified atom stereocenters. The zero-order valence-corrected chi connectivity index (χ0v) is 14.4. The van der Waals surface area contributed by atoms with Gasteiger partial charge in [0.25, 0.3) is 0 Å². The molecule has 0 atom stereocenters. The number of fused-ring (bicyclic) bond motifs is 1. The molecule has 1 fully saturated rings. The van der Waals surface area contributed by atoms with Crippen LogP contribution >= 0.6 is 0 Å². The fourth-order valence-corrected chi connectivity index (χ4v) is 3.11. The first kappa shape index (κ1) is 16.4. The first-order chi connectivity index (χ1) is 12.8. The lowest BCUT2D eigenvalue weighted by atomic mass is 10.0. The van der Waals surface area contributed by atoms with Crippen LogP contribution in [0.4, 0.5) is 11.5 Å². The zero-order chi connectivity index (χ0) is 17.8. The summed E-state index contributed by atoms with van der Waals surface area (Å²) in [5.41, 5.74) is 2.28. The highest BCUT2D eigenvalue weighted by Gasteiger charge is 2.15. The lowest BCUT2D eigenvalue weighted by Gasteiger charge is -2.22. The van der Waals surface area contributed by atoms with Crippen molar-refractivity contribution in [3.8, 4) is 11.8 Å². The van der Waals surface area contributed by atoms with Crippen molar-refractivity contribution < 1.29 is 9.47 Å². The molecule has 0 saturated carbocycles. The number of ether oxygens (including phenoxy) is 2. The highest BCUT2D eigenvalue weighted by atomic mass is 16.5. The van der Waals surface area contributed by atoms with Gasteiger partial charge in [-0.15, -0.1) is 0 Å². The molecule has 3 heterocycles. The van der Waals surface area contributed by atoms with Gasteiger partial charge in [-0.05, 0) is 42.3 Å². The van der Waals surface area contributed by atoms with Crippen molar-refractivity contribution in [2.45, 2.75) is 12.8 Å². The summed E-state index contributed by atoms with van der Waals surface area (Å²) >= 11 is 0. The maximum absolute atomic E-state index is 9.27. The minimum atomic E-state index is 0.331. The molecule has 1 aromatic carbocycles. The Kier molecular flexibility index (Phi) is 4.71. The summed E-state index contributed by atoms with van der Waals surface area (Å²) in [6.45, 7) is 2.22. The summed E-state index contributed by atoms with van der Waals surface area (Å²) in [7, 11) is 0. The number of hydrogen-bond acceptors (Lipinski definition) is 5. The van der Waals surface area contributed by atoms with Crippen LogP contribution in [-0.2, 0) is 4.74 Å². The van der Waals surface area contributed by atoms with Crippen molar-refractivity contribution in [1.29, 1.82) is 5.26 Å². The molecule has 2 N–H and O–H groups in total. The summed E-state index contributed by atoms with van der Waals surface area (Å²) < 4.78 is 11.3. The molecular weight excluding hydrogens is 328 g/mol. The number of nitrogens with zero attached hydrogens (tertiary/aromatic N) is 2. The van der Waals surface area contributed by atoms with Crippen molar-refractivity contribution >= 4 is 22.4 Å². The molecule has 1 aliphatic heterocycles. The van der Waals surface area contributed by atoms with Gasteiger partial charge >= 0.3 is 0 Å². The van der Waals surface area contributed by atoms with Gasteiger partial charge in [0.1, 0.15) is 23.3 Å². The summed E-state index contributed by atoms with van der Waals surface area (Å²) in [5, 5.41) is 13.7. The monoisotopic (exact) mass is 348 g/mol. The minimum Gasteiger partial charge on any atom is -0.493 e. The van der Waals surface area contributed by atoms with Gasteiger partial charge in [0.15, 0.2) is 0 Å². The van der Waals surface area contributed by atoms with Crippen molar-refractivity contribution in [3.05, 3.63) is 48.3 Å². The van der Waals surface area contributed by atoms with Crippen LogP contribution in [-0.4, -0.2) is 29.8 Å². The second kappa shape index (κ2) is 7.46. The van der Waals surface area contributed by atoms with E-state index >= 15 is 0 Å². The van der Waals surface area contributed by atoms with E-state index in [-0.39, 0.29) is 0 Å². The molecule has 4 rings (SSSR count). The number of pyridine rings is 1. The van der Waals surface area contributed by atoms with Gasteiger partial charge < -0.3 is 19.8 Å². The fraction of sp³-hybridized carbons (Fsp3) is 0.300. The van der Waals surface area contributed by atoms with E-state index in [4.69, 9.17) is 9.47 Å². The van der Waals surface area contributed by atoms with Crippen molar-refractivity contribution in [2.24, 2.45) is 5.92 Å². The Morgan fingerprint density at radius 3 is 2.96 bits per heavy atom. The Balaban J connectivity index is 1.50. The van der Waals surface area contributed by atoms with Crippen molar-refractivity contribution in [2.75, 3.05) is 25.1 Å². The Morgan fingerprint density at radius 1 is 1.23 bits per heavy atom. The third-order valence-electron chi connectivity index (χ3n) is 4.57. The number of hydrogen-bond donors (Lipinski definition) is 2. The number of nitrogens with one attached hydrogen (secondary N) is 2. The number of aromatic nitrogens is 2. The topological polar surface area (TPSA) is 83.0 Å². The molecule has 0 amide bonds. The van der Waals surface area contributed by atoms with E-state index in [0.717, 1.165) is 42.6 Å². The van der Waals surface area contributed by atoms with Crippen LogP contribution < -0.4 is 10.1 Å². The van der Waals surface area contributed by atoms with E-state index in [1.54, 1.807) is 6.07 Å². The first-order valence-corrected chi connectivity index (χ1v) is 8.77. The molecule has 6 nitrogen and oxygen atoms in total. The average Bonchev–Trinajstić information content (AvgIpc) is 3.15. The van der Waals surface area contributed by atoms with Gasteiger partial charge in [0.2, 0.25) is 0 Å². The Labute approximate surface area is 151 Å². The minimum absolute atomic E-state index is 0.331. The Morgan fingerprint density at radius 2 is 2.12 bits per heavy atom. The Hall–Kier alpha value is -3.04. The number of rotatable bonds is 5. The predicted molar refractivity (Wildman–Crippen MR) is 99.6 cm³/mol. The van der Waals surface area contributed by atoms with Crippen molar-refractivity contribution in [1.82, 2.24) is 9.97 Å². The first-order valence-electron chi connectivity index (χ1n) is 8.77. The molecule has 2 aromatic heterocycles. The molecule has 0 bridgehead atoms. The Bertz CT molecular complexity index is 938. The standard InChI is InChI=1S/C20H20N4O2/c21-12-17-9-18(26-13-14-4-7-25-8-5-14)11-20(24-17)23-16-2-1-15-3-6-22-19(15)10-16/h1-3,6,9-11,14,22H,4-5,7-8,13H2,(H,23,24). The second-order valence-corrected chi connectivity index (χ2v) is 6.46. The number of anilines is 2. The van der Waals surface area contributed by atoms with E-state index in [1.165, 1.54) is 0 Å². The van der Waals surface area contributed by atoms with Gasteiger partial charge in [-0.3, -0.25) is 0 Å². The normalized spacial score (nSPS) is 14.9. The highest BCUT2D eigenvalue weighted by Crippen LogP contribution is 2.25. The largest absolute Gasteiger partial charge is 0.493 e. The number of nitriles is 1. The van der Waals surface area contributed by atoms with Crippen LogP contribution in [0.5, 0.6) is 5.75 Å². The average molecular weight is 348 g/mol. The third-order valence-corrected chi connectivity index (χ3v) is 4.57. The lowest BCUT2D eigenvalue weighted by Crippen LogP contribution is -2.21. The lowest BCUT2D eigenvalue weighted by molar-refractivity contribution is 0.0497. The maximum Gasteiger partial charge on any atom is 0.146 e.